The number of thiazole rings is 1. The first-order chi connectivity index (χ1) is 14.2. The SMILES string of the molecule is O=C1N=C(c2ccccc2)S/C1=C/C=C/C=C/c1sc(-c2ccccc2)nc1O. The van der Waals surface area contributed by atoms with Crippen molar-refractivity contribution in [3.63, 3.8) is 0 Å². The first-order valence-electron chi connectivity index (χ1n) is 8.87. The summed E-state index contributed by atoms with van der Waals surface area (Å²) < 4.78 is 0. The highest BCUT2D eigenvalue weighted by atomic mass is 32.2. The summed E-state index contributed by atoms with van der Waals surface area (Å²) in [6.07, 6.45) is 8.95. The van der Waals surface area contributed by atoms with E-state index in [0.29, 0.717) is 14.8 Å². The van der Waals surface area contributed by atoms with Crippen molar-refractivity contribution < 1.29 is 9.90 Å². The van der Waals surface area contributed by atoms with E-state index < -0.39 is 0 Å². The lowest BCUT2D eigenvalue weighted by Crippen LogP contribution is -1.89. The van der Waals surface area contributed by atoms with Crippen LogP contribution >= 0.6 is 23.1 Å². The fourth-order valence-electron chi connectivity index (χ4n) is 2.61. The zero-order chi connectivity index (χ0) is 20.1. The van der Waals surface area contributed by atoms with Crippen molar-refractivity contribution in [1.82, 2.24) is 4.98 Å². The molecule has 1 aromatic heterocycles. The number of aromatic hydroxyl groups is 1. The number of hydrogen-bond acceptors (Lipinski definition) is 5. The van der Waals surface area contributed by atoms with Crippen LogP contribution in [0.2, 0.25) is 0 Å². The van der Waals surface area contributed by atoms with Gasteiger partial charge in [-0.05, 0) is 12.2 Å². The van der Waals surface area contributed by atoms with Gasteiger partial charge in [0.25, 0.3) is 5.91 Å². The minimum atomic E-state index is -0.227. The summed E-state index contributed by atoms with van der Waals surface area (Å²) in [5.41, 5.74) is 1.91. The fourth-order valence-corrected chi connectivity index (χ4v) is 4.36. The maximum Gasteiger partial charge on any atom is 0.284 e. The highest BCUT2D eigenvalue weighted by molar-refractivity contribution is 8.19. The van der Waals surface area contributed by atoms with E-state index in [4.69, 9.17) is 0 Å². The number of allylic oxidation sites excluding steroid dienone is 4. The number of thioether (sulfide) groups is 1. The lowest BCUT2D eigenvalue weighted by atomic mass is 10.2. The molecule has 0 aliphatic carbocycles. The third kappa shape index (κ3) is 4.62. The number of carbonyl (C=O) groups is 1. The highest BCUT2D eigenvalue weighted by Gasteiger charge is 2.21. The van der Waals surface area contributed by atoms with E-state index in [2.05, 4.69) is 9.98 Å². The van der Waals surface area contributed by atoms with Gasteiger partial charge in [-0.2, -0.15) is 0 Å². The van der Waals surface area contributed by atoms with Gasteiger partial charge in [0.1, 0.15) is 10.1 Å². The molecule has 0 spiro atoms. The molecule has 29 heavy (non-hydrogen) atoms. The number of aromatic nitrogens is 1. The maximum absolute atomic E-state index is 12.1. The molecule has 0 bridgehead atoms. The summed E-state index contributed by atoms with van der Waals surface area (Å²) in [6, 6.07) is 19.4. The van der Waals surface area contributed by atoms with E-state index in [1.807, 2.05) is 72.8 Å². The number of carbonyl (C=O) groups excluding carboxylic acids is 1. The van der Waals surface area contributed by atoms with E-state index in [-0.39, 0.29) is 11.8 Å². The summed E-state index contributed by atoms with van der Waals surface area (Å²) in [5, 5.41) is 11.5. The molecule has 0 saturated heterocycles. The smallest absolute Gasteiger partial charge is 0.284 e. The summed E-state index contributed by atoms with van der Waals surface area (Å²) in [6.45, 7) is 0. The minimum Gasteiger partial charge on any atom is -0.492 e. The average Bonchev–Trinajstić information content (AvgIpc) is 3.32. The Morgan fingerprint density at radius 1 is 0.862 bits per heavy atom. The van der Waals surface area contributed by atoms with Gasteiger partial charge in [-0.1, -0.05) is 90.7 Å². The van der Waals surface area contributed by atoms with Crippen molar-refractivity contribution in [1.29, 1.82) is 0 Å². The largest absolute Gasteiger partial charge is 0.492 e. The predicted octanol–water partition coefficient (Wildman–Crippen LogP) is 5.69. The number of hydrogen-bond donors (Lipinski definition) is 1. The van der Waals surface area contributed by atoms with Crippen LogP contribution in [0.4, 0.5) is 0 Å². The van der Waals surface area contributed by atoms with Gasteiger partial charge in [-0.3, -0.25) is 4.79 Å². The molecular formula is C23H16N2O2S2. The highest BCUT2D eigenvalue weighted by Crippen LogP contribution is 2.33. The zero-order valence-electron chi connectivity index (χ0n) is 15.2. The molecule has 0 atom stereocenters. The molecule has 142 valence electrons. The molecule has 1 N–H and O–H groups in total. The standard InChI is InChI=1S/C23H16N2O2S2/c26-20-18(28-22(24-20)16-10-4-1-5-11-16)14-8-3-9-15-19-21(27)25-23(29-19)17-12-6-2-7-13-17/h1-15,26H/b9-3+,14-8+,19-15+. The quantitative estimate of drug-likeness (QED) is 0.429. The van der Waals surface area contributed by atoms with Crippen LogP contribution in [0.15, 0.2) is 94.9 Å². The van der Waals surface area contributed by atoms with Gasteiger partial charge in [-0.25, -0.2) is 9.98 Å². The molecule has 2 aromatic carbocycles. The normalized spacial score (nSPS) is 15.7. The third-order valence-electron chi connectivity index (χ3n) is 4.01. The van der Waals surface area contributed by atoms with Crippen molar-refractivity contribution in [2.75, 3.05) is 0 Å². The Bertz CT molecular complexity index is 1140. The van der Waals surface area contributed by atoms with Gasteiger partial charge >= 0.3 is 0 Å². The number of aliphatic imine (C=N–C) groups is 1. The molecule has 1 aliphatic heterocycles. The van der Waals surface area contributed by atoms with Crippen molar-refractivity contribution in [2.45, 2.75) is 0 Å². The Morgan fingerprint density at radius 2 is 1.55 bits per heavy atom. The Balaban J connectivity index is 1.40. The monoisotopic (exact) mass is 416 g/mol. The molecule has 4 rings (SSSR count). The van der Waals surface area contributed by atoms with Crippen LogP contribution in [0.5, 0.6) is 5.88 Å². The third-order valence-corrected chi connectivity index (χ3v) is 6.12. The second-order valence-corrected chi connectivity index (χ2v) is 8.10. The summed E-state index contributed by atoms with van der Waals surface area (Å²) in [5.74, 6) is -0.214. The molecule has 0 saturated carbocycles. The van der Waals surface area contributed by atoms with Gasteiger partial charge in [-0.15, -0.1) is 11.3 Å². The molecule has 0 radical (unpaired) electrons. The van der Waals surface area contributed by atoms with Crippen molar-refractivity contribution in [3.8, 4) is 16.5 Å². The first kappa shape index (κ1) is 19.1. The van der Waals surface area contributed by atoms with Crippen LogP contribution < -0.4 is 0 Å². The summed E-state index contributed by atoms with van der Waals surface area (Å²) in [7, 11) is 0. The first-order valence-corrected chi connectivity index (χ1v) is 10.5. The van der Waals surface area contributed by atoms with Crippen LogP contribution in [-0.2, 0) is 4.79 Å². The second kappa shape index (κ2) is 8.86. The molecule has 1 aliphatic rings. The van der Waals surface area contributed by atoms with Crippen LogP contribution in [0.3, 0.4) is 0 Å². The van der Waals surface area contributed by atoms with E-state index >= 15 is 0 Å². The number of benzene rings is 2. The molecule has 1 amide bonds. The maximum atomic E-state index is 12.1. The Hall–Kier alpha value is -3.22. The molecule has 0 fully saturated rings. The van der Waals surface area contributed by atoms with Gasteiger partial charge in [0.15, 0.2) is 0 Å². The van der Waals surface area contributed by atoms with Gasteiger partial charge in [0, 0.05) is 11.1 Å². The van der Waals surface area contributed by atoms with Gasteiger partial charge in [0.05, 0.1) is 9.78 Å². The van der Waals surface area contributed by atoms with Crippen LogP contribution in [0.1, 0.15) is 10.4 Å². The minimum absolute atomic E-state index is 0.0132. The van der Waals surface area contributed by atoms with E-state index in [0.717, 1.165) is 16.1 Å². The average molecular weight is 417 g/mol. The number of amides is 1. The Kier molecular flexibility index (Phi) is 5.84. The number of nitrogens with zero attached hydrogens (tertiary/aromatic N) is 2. The molecule has 0 unspecified atom stereocenters. The zero-order valence-corrected chi connectivity index (χ0v) is 16.9. The van der Waals surface area contributed by atoms with Gasteiger partial charge < -0.3 is 5.11 Å². The van der Waals surface area contributed by atoms with E-state index in [9.17, 15) is 9.90 Å². The van der Waals surface area contributed by atoms with Crippen LogP contribution in [0, 0.1) is 0 Å². The fraction of sp³-hybridized carbons (Fsp3) is 0. The molecule has 4 nitrogen and oxygen atoms in total. The molecule has 3 aromatic rings. The number of rotatable bonds is 5. The molecule has 2 heterocycles. The van der Waals surface area contributed by atoms with E-state index in [1.54, 1.807) is 18.2 Å². The van der Waals surface area contributed by atoms with Crippen molar-refractivity contribution >= 4 is 40.1 Å². The van der Waals surface area contributed by atoms with E-state index in [1.165, 1.54) is 23.1 Å². The lowest BCUT2D eigenvalue weighted by molar-refractivity contribution is -0.113. The molecular weight excluding hydrogens is 400 g/mol. The lowest BCUT2D eigenvalue weighted by Gasteiger charge is -1.96. The Labute approximate surface area is 176 Å². The summed E-state index contributed by atoms with van der Waals surface area (Å²) in [4.78, 5) is 21.6. The van der Waals surface area contributed by atoms with Crippen LogP contribution in [0.25, 0.3) is 16.6 Å². The summed E-state index contributed by atoms with van der Waals surface area (Å²) >= 11 is 2.79. The second-order valence-electron chi connectivity index (χ2n) is 6.04. The van der Waals surface area contributed by atoms with Crippen LogP contribution in [-0.4, -0.2) is 21.0 Å². The molecule has 6 heteroatoms. The topological polar surface area (TPSA) is 62.5 Å². The predicted molar refractivity (Wildman–Crippen MR) is 121 cm³/mol. The van der Waals surface area contributed by atoms with Crippen molar-refractivity contribution in [2.24, 2.45) is 4.99 Å². The van der Waals surface area contributed by atoms with Gasteiger partial charge in [0.2, 0.25) is 5.88 Å². The van der Waals surface area contributed by atoms with Crippen molar-refractivity contribution in [3.05, 3.63) is 100 Å². The Morgan fingerprint density at radius 3 is 2.28 bits per heavy atom.